The molecule has 2 aromatic rings. The molecule has 2 aliphatic heterocycles. The summed E-state index contributed by atoms with van der Waals surface area (Å²) in [5.41, 5.74) is -2.56. The van der Waals surface area contributed by atoms with E-state index in [9.17, 15) is 35.1 Å². The molecule has 10 heteroatoms. The number of halogens is 8. The van der Waals surface area contributed by atoms with Crippen molar-refractivity contribution >= 4 is 11.4 Å². The van der Waals surface area contributed by atoms with Gasteiger partial charge in [-0.3, -0.25) is 0 Å². The maximum atomic E-state index is 14.4. The molecule has 2 nitrogen and oxygen atoms in total. The predicted molar refractivity (Wildman–Crippen MR) is 80.0 cm³/mol. The van der Waals surface area contributed by atoms with E-state index in [-0.39, 0.29) is 42.3 Å². The average molecular weight is 394 g/mol. The lowest BCUT2D eigenvalue weighted by Crippen LogP contribution is -2.47. The van der Waals surface area contributed by atoms with E-state index < -0.39 is 35.1 Å². The van der Waals surface area contributed by atoms with Crippen LogP contribution in [0.3, 0.4) is 0 Å². The van der Waals surface area contributed by atoms with Crippen LogP contribution in [0.25, 0.3) is 0 Å². The first-order valence-corrected chi connectivity index (χ1v) is 7.74. The number of anilines is 2. The van der Waals surface area contributed by atoms with E-state index >= 15 is 0 Å². The highest BCUT2D eigenvalue weighted by atomic mass is 19.4. The maximum absolute atomic E-state index is 14.4. The van der Waals surface area contributed by atoms with Crippen molar-refractivity contribution in [2.75, 3.05) is 16.5 Å². The Labute approximate surface area is 147 Å². The molecule has 0 saturated heterocycles. The van der Waals surface area contributed by atoms with Gasteiger partial charge in [-0.05, 0) is 35.4 Å². The van der Waals surface area contributed by atoms with Gasteiger partial charge in [-0.25, -0.2) is 8.78 Å². The fourth-order valence-corrected chi connectivity index (χ4v) is 3.61. The summed E-state index contributed by atoms with van der Waals surface area (Å²) in [5.74, 6) is -2.23. The highest BCUT2D eigenvalue weighted by Gasteiger charge is 2.39. The molecule has 0 unspecified atom stereocenters. The summed E-state index contributed by atoms with van der Waals surface area (Å²) in [5, 5.41) is 0. The number of alkyl halides is 6. The SMILES string of the molecule is Fc1cc(C(F)(F)F)cc2c1N1Cc3cc(C(F)(F)F)cc(F)c3N(C2)C1. The molecule has 0 fully saturated rings. The molecule has 0 N–H and O–H groups in total. The van der Waals surface area contributed by atoms with Gasteiger partial charge in [0.15, 0.2) is 0 Å². The first-order chi connectivity index (χ1) is 12.4. The van der Waals surface area contributed by atoms with Gasteiger partial charge in [-0.1, -0.05) is 0 Å². The van der Waals surface area contributed by atoms with Gasteiger partial charge in [0.2, 0.25) is 0 Å². The van der Waals surface area contributed by atoms with E-state index in [1.54, 1.807) is 0 Å². The molecule has 0 aliphatic carbocycles. The van der Waals surface area contributed by atoms with Crippen molar-refractivity contribution < 1.29 is 35.1 Å². The normalized spacial score (nSPS) is 16.3. The van der Waals surface area contributed by atoms with Crippen molar-refractivity contribution in [2.24, 2.45) is 0 Å². The third kappa shape index (κ3) is 2.87. The fourth-order valence-electron chi connectivity index (χ4n) is 3.61. The number of fused-ring (bicyclic) bond motifs is 6. The lowest BCUT2D eigenvalue weighted by atomic mass is 9.97. The minimum Gasteiger partial charge on any atom is -0.347 e. The van der Waals surface area contributed by atoms with E-state index in [1.165, 1.54) is 9.80 Å². The van der Waals surface area contributed by atoms with E-state index in [1.807, 2.05) is 0 Å². The molecule has 2 bridgehead atoms. The van der Waals surface area contributed by atoms with Gasteiger partial charge in [0, 0.05) is 13.1 Å². The van der Waals surface area contributed by atoms with Crippen molar-refractivity contribution in [3.8, 4) is 0 Å². The van der Waals surface area contributed by atoms with Crippen LogP contribution >= 0.6 is 0 Å². The Kier molecular flexibility index (Phi) is 3.64. The van der Waals surface area contributed by atoms with Crippen LogP contribution in [0.2, 0.25) is 0 Å². The third-order valence-corrected chi connectivity index (χ3v) is 4.64. The zero-order chi connectivity index (χ0) is 19.7. The molecule has 2 aromatic carbocycles. The second-order valence-electron chi connectivity index (χ2n) is 6.46. The van der Waals surface area contributed by atoms with E-state index in [0.29, 0.717) is 12.1 Å². The monoisotopic (exact) mass is 394 g/mol. The summed E-state index contributed by atoms with van der Waals surface area (Å²) in [6, 6.07) is 2.28. The van der Waals surface area contributed by atoms with Crippen LogP contribution < -0.4 is 9.80 Å². The lowest BCUT2D eigenvalue weighted by molar-refractivity contribution is -0.138. The maximum Gasteiger partial charge on any atom is 0.416 e. The molecule has 4 rings (SSSR count). The van der Waals surface area contributed by atoms with Crippen LogP contribution in [0.4, 0.5) is 46.5 Å². The second kappa shape index (κ2) is 5.49. The molecular formula is C17H10F8N2. The molecule has 0 atom stereocenters. The standard InChI is InChI=1S/C17H10F8N2/c18-12-3-10(16(20,21)22)1-8-5-26-7-27(14(8)12)6-9-2-11(17(23,24)25)4-13(19)15(9)26/h1-4H,5-7H2. The summed E-state index contributed by atoms with van der Waals surface area (Å²) in [7, 11) is 0. The number of nitrogens with zero attached hydrogens (tertiary/aromatic N) is 2. The zero-order valence-electron chi connectivity index (χ0n) is 13.3. The molecule has 27 heavy (non-hydrogen) atoms. The Hall–Kier alpha value is -2.52. The molecule has 2 heterocycles. The van der Waals surface area contributed by atoms with Crippen LogP contribution in [0.15, 0.2) is 24.3 Å². The van der Waals surface area contributed by atoms with Gasteiger partial charge < -0.3 is 9.80 Å². The lowest BCUT2D eigenvalue weighted by Gasteiger charge is -2.45. The first-order valence-electron chi connectivity index (χ1n) is 7.74. The van der Waals surface area contributed by atoms with Crippen molar-refractivity contribution in [1.82, 2.24) is 0 Å². The van der Waals surface area contributed by atoms with Gasteiger partial charge in [-0.15, -0.1) is 0 Å². The van der Waals surface area contributed by atoms with Gasteiger partial charge in [0.05, 0.1) is 29.2 Å². The molecular weight excluding hydrogens is 384 g/mol. The Bertz CT molecular complexity index is 856. The molecule has 0 amide bonds. The summed E-state index contributed by atoms with van der Waals surface area (Å²) in [6.07, 6.45) is -9.50. The van der Waals surface area contributed by atoms with Crippen LogP contribution in [-0.2, 0) is 25.4 Å². The minimum atomic E-state index is -4.75. The van der Waals surface area contributed by atoms with E-state index in [4.69, 9.17) is 0 Å². The van der Waals surface area contributed by atoms with Gasteiger partial charge in [0.25, 0.3) is 0 Å². The van der Waals surface area contributed by atoms with E-state index in [2.05, 4.69) is 0 Å². The summed E-state index contributed by atoms with van der Waals surface area (Å²) < 4.78 is 106. The molecule has 0 radical (unpaired) electrons. The summed E-state index contributed by atoms with van der Waals surface area (Å²) in [4.78, 5) is 2.60. The third-order valence-electron chi connectivity index (χ3n) is 4.64. The van der Waals surface area contributed by atoms with Crippen molar-refractivity contribution in [2.45, 2.75) is 25.4 Å². The Morgan fingerprint density at radius 2 is 1.00 bits per heavy atom. The Balaban J connectivity index is 1.82. The van der Waals surface area contributed by atoms with Crippen LogP contribution in [0.5, 0.6) is 0 Å². The van der Waals surface area contributed by atoms with Gasteiger partial charge in [0.1, 0.15) is 11.6 Å². The molecule has 144 valence electrons. The number of hydrogen-bond donors (Lipinski definition) is 0. The fraction of sp³-hybridized carbons (Fsp3) is 0.294. The molecule has 0 saturated carbocycles. The Morgan fingerprint density at radius 1 is 0.630 bits per heavy atom. The van der Waals surface area contributed by atoms with Crippen LogP contribution in [-0.4, -0.2) is 6.67 Å². The van der Waals surface area contributed by atoms with Crippen molar-refractivity contribution in [3.63, 3.8) is 0 Å². The summed E-state index contributed by atoms with van der Waals surface area (Å²) >= 11 is 0. The largest absolute Gasteiger partial charge is 0.416 e. The second-order valence-corrected chi connectivity index (χ2v) is 6.46. The summed E-state index contributed by atoms with van der Waals surface area (Å²) in [6.45, 7) is -0.533. The predicted octanol–water partition coefficient (Wildman–Crippen LogP) is 5.30. The van der Waals surface area contributed by atoms with Gasteiger partial charge >= 0.3 is 12.4 Å². The zero-order valence-corrected chi connectivity index (χ0v) is 13.3. The smallest absolute Gasteiger partial charge is 0.347 e. The molecule has 0 aromatic heterocycles. The molecule has 2 aliphatic rings. The van der Waals surface area contributed by atoms with E-state index in [0.717, 1.165) is 12.1 Å². The number of rotatable bonds is 0. The topological polar surface area (TPSA) is 6.48 Å². The highest BCUT2D eigenvalue weighted by molar-refractivity contribution is 5.69. The first kappa shape index (κ1) is 17.9. The van der Waals surface area contributed by atoms with Gasteiger partial charge in [-0.2, -0.15) is 26.3 Å². The number of benzene rings is 2. The average Bonchev–Trinajstić information content (AvgIpc) is 2.51. The van der Waals surface area contributed by atoms with Crippen molar-refractivity contribution in [1.29, 1.82) is 0 Å². The van der Waals surface area contributed by atoms with Crippen LogP contribution in [0, 0.1) is 11.6 Å². The Morgan fingerprint density at radius 3 is 1.33 bits per heavy atom. The van der Waals surface area contributed by atoms with Crippen LogP contribution in [0.1, 0.15) is 22.3 Å². The van der Waals surface area contributed by atoms with Crippen molar-refractivity contribution in [3.05, 3.63) is 58.2 Å². The molecule has 0 spiro atoms. The number of hydrogen-bond acceptors (Lipinski definition) is 2. The minimum absolute atomic E-state index is 0.00137. The highest BCUT2D eigenvalue weighted by Crippen LogP contribution is 2.44. The quantitative estimate of drug-likeness (QED) is 0.560.